The minimum Gasteiger partial charge on any atom is -0.385 e. The van der Waals surface area contributed by atoms with Crippen LogP contribution in [0.15, 0.2) is 29.8 Å². The smallest absolute Gasteiger partial charge is 0.0894 e. The summed E-state index contributed by atoms with van der Waals surface area (Å²) in [6.07, 6.45) is 12.9. The average Bonchev–Trinajstić information content (AvgIpc) is 2.60. The molecule has 0 aromatic heterocycles. The fraction of sp³-hybridized carbons (Fsp3) is 0.652. The van der Waals surface area contributed by atoms with Crippen LogP contribution in [0, 0.1) is 0 Å². The van der Waals surface area contributed by atoms with Gasteiger partial charge >= 0.3 is 0 Å². The number of unbranched alkanes of at least 4 members (excludes halogenated alkanes) is 1. The average molecular weight is 342 g/mol. The predicted molar refractivity (Wildman–Crippen MR) is 107 cm³/mol. The second-order valence-electron chi connectivity index (χ2n) is 8.03. The van der Waals surface area contributed by atoms with Crippen LogP contribution in [0.5, 0.6) is 0 Å². The first-order valence-electron chi connectivity index (χ1n) is 10.4. The summed E-state index contributed by atoms with van der Waals surface area (Å²) in [4.78, 5) is 2.69. The summed E-state index contributed by atoms with van der Waals surface area (Å²) in [6, 6.07) is 9.53. The molecule has 1 aliphatic heterocycles. The topological polar surface area (TPSA) is 23.5 Å². The molecule has 1 aromatic carbocycles. The SMILES string of the molecule is CCCCC(O)(CC)c1ccc(C=C2CCN(C3CCC3)CC2)cc1. The Bertz CT molecular complexity index is 562. The maximum atomic E-state index is 10.9. The van der Waals surface area contributed by atoms with Gasteiger partial charge in [0.25, 0.3) is 0 Å². The molecular formula is C23H35NO. The van der Waals surface area contributed by atoms with Gasteiger partial charge < -0.3 is 5.11 Å². The first-order valence-corrected chi connectivity index (χ1v) is 10.4. The molecular weight excluding hydrogens is 306 g/mol. The summed E-state index contributed by atoms with van der Waals surface area (Å²) in [7, 11) is 0. The van der Waals surface area contributed by atoms with E-state index in [0.29, 0.717) is 0 Å². The third-order valence-corrected chi connectivity index (χ3v) is 6.38. The van der Waals surface area contributed by atoms with Crippen LogP contribution in [0.1, 0.15) is 82.8 Å². The van der Waals surface area contributed by atoms with Gasteiger partial charge in [0.05, 0.1) is 5.60 Å². The van der Waals surface area contributed by atoms with E-state index in [2.05, 4.69) is 49.1 Å². The molecule has 3 rings (SSSR count). The van der Waals surface area contributed by atoms with Crippen molar-refractivity contribution in [3.05, 3.63) is 41.0 Å². The first kappa shape index (κ1) is 18.7. The molecule has 1 atom stereocenters. The maximum absolute atomic E-state index is 10.9. The number of likely N-dealkylation sites (tertiary alicyclic amines) is 1. The monoisotopic (exact) mass is 341 g/mol. The molecule has 2 nitrogen and oxygen atoms in total. The number of hydrogen-bond donors (Lipinski definition) is 1. The maximum Gasteiger partial charge on any atom is 0.0894 e. The zero-order valence-electron chi connectivity index (χ0n) is 16.1. The van der Waals surface area contributed by atoms with Crippen LogP contribution < -0.4 is 0 Å². The Morgan fingerprint density at radius 2 is 1.80 bits per heavy atom. The number of nitrogens with zero attached hydrogens (tertiary/aromatic N) is 1. The molecule has 2 aliphatic rings. The lowest BCUT2D eigenvalue weighted by molar-refractivity contribution is 0.0211. The lowest BCUT2D eigenvalue weighted by Gasteiger charge is -2.40. The molecule has 2 heteroatoms. The Morgan fingerprint density at radius 1 is 1.12 bits per heavy atom. The van der Waals surface area contributed by atoms with Gasteiger partial charge in [0.2, 0.25) is 0 Å². The number of rotatable bonds is 7. The molecule has 1 aliphatic carbocycles. The van der Waals surface area contributed by atoms with E-state index in [0.717, 1.165) is 37.3 Å². The number of aliphatic hydroxyl groups is 1. The fourth-order valence-electron chi connectivity index (χ4n) is 4.19. The highest BCUT2D eigenvalue weighted by atomic mass is 16.3. The van der Waals surface area contributed by atoms with E-state index in [1.807, 2.05) is 0 Å². The van der Waals surface area contributed by atoms with Gasteiger partial charge in [0.15, 0.2) is 0 Å². The van der Waals surface area contributed by atoms with Crippen molar-refractivity contribution in [1.82, 2.24) is 4.90 Å². The highest BCUT2D eigenvalue weighted by molar-refractivity contribution is 5.54. The van der Waals surface area contributed by atoms with Gasteiger partial charge in [-0.15, -0.1) is 0 Å². The molecule has 1 saturated heterocycles. The minimum atomic E-state index is -0.657. The van der Waals surface area contributed by atoms with Crippen LogP contribution >= 0.6 is 0 Å². The van der Waals surface area contributed by atoms with Gasteiger partial charge in [-0.3, -0.25) is 4.90 Å². The Morgan fingerprint density at radius 3 is 2.32 bits per heavy atom. The van der Waals surface area contributed by atoms with Crippen LogP contribution in [0.25, 0.3) is 6.08 Å². The van der Waals surface area contributed by atoms with Crippen molar-refractivity contribution in [2.24, 2.45) is 0 Å². The van der Waals surface area contributed by atoms with E-state index in [-0.39, 0.29) is 0 Å². The number of piperidine rings is 1. The fourth-order valence-corrected chi connectivity index (χ4v) is 4.19. The molecule has 25 heavy (non-hydrogen) atoms. The van der Waals surface area contributed by atoms with Gasteiger partial charge in [-0.25, -0.2) is 0 Å². The van der Waals surface area contributed by atoms with Crippen molar-refractivity contribution >= 4 is 6.08 Å². The van der Waals surface area contributed by atoms with Crippen LogP contribution in [-0.2, 0) is 5.60 Å². The molecule has 2 fully saturated rings. The zero-order valence-corrected chi connectivity index (χ0v) is 16.1. The summed E-state index contributed by atoms with van der Waals surface area (Å²) >= 11 is 0. The van der Waals surface area contributed by atoms with Crippen LogP contribution in [0.2, 0.25) is 0 Å². The molecule has 1 aromatic rings. The Balaban J connectivity index is 1.60. The standard InChI is InChI=1S/C23H35NO/c1-3-5-15-23(25,4-2)21-11-9-19(10-12-21)18-20-13-16-24(17-14-20)22-7-6-8-22/h9-12,18,22,25H,3-8,13-17H2,1-2H3. The van der Waals surface area contributed by atoms with Crippen molar-refractivity contribution in [3.8, 4) is 0 Å². The summed E-state index contributed by atoms with van der Waals surface area (Å²) in [6.45, 7) is 6.74. The van der Waals surface area contributed by atoms with Gasteiger partial charge in [0, 0.05) is 19.1 Å². The molecule has 0 bridgehead atoms. The molecule has 0 spiro atoms. The van der Waals surface area contributed by atoms with Crippen molar-refractivity contribution < 1.29 is 5.11 Å². The quantitative estimate of drug-likeness (QED) is 0.707. The van der Waals surface area contributed by atoms with E-state index in [1.165, 1.54) is 50.8 Å². The highest BCUT2D eigenvalue weighted by Crippen LogP contribution is 2.32. The largest absolute Gasteiger partial charge is 0.385 e. The Hall–Kier alpha value is -1.12. The lowest BCUT2D eigenvalue weighted by Crippen LogP contribution is -2.43. The van der Waals surface area contributed by atoms with Gasteiger partial charge in [0.1, 0.15) is 0 Å². The van der Waals surface area contributed by atoms with E-state index in [1.54, 1.807) is 5.57 Å². The third kappa shape index (κ3) is 4.54. The molecule has 138 valence electrons. The zero-order chi connectivity index (χ0) is 17.7. The molecule has 0 amide bonds. The van der Waals surface area contributed by atoms with E-state index < -0.39 is 5.60 Å². The second kappa shape index (κ2) is 8.51. The first-order chi connectivity index (χ1) is 12.1. The summed E-state index contributed by atoms with van der Waals surface area (Å²) < 4.78 is 0. The summed E-state index contributed by atoms with van der Waals surface area (Å²) in [5.41, 5.74) is 3.28. The molecule has 0 radical (unpaired) electrons. The van der Waals surface area contributed by atoms with E-state index in [9.17, 15) is 5.11 Å². The Labute approximate surface area is 153 Å². The number of benzene rings is 1. The van der Waals surface area contributed by atoms with Crippen molar-refractivity contribution in [1.29, 1.82) is 0 Å². The van der Waals surface area contributed by atoms with Gasteiger partial charge in [-0.1, -0.05) is 69.0 Å². The minimum absolute atomic E-state index is 0.657. The van der Waals surface area contributed by atoms with Crippen molar-refractivity contribution in [3.63, 3.8) is 0 Å². The molecule has 1 unspecified atom stereocenters. The normalized spacial score (nSPS) is 21.6. The van der Waals surface area contributed by atoms with Crippen LogP contribution in [0.3, 0.4) is 0 Å². The summed E-state index contributed by atoms with van der Waals surface area (Å²) in [5.74, 6) is 0. The van der Waals surface area contributed by atoms with Crippen LogP contribution in [-0.4, -0.2) is 29.1 Å². The molecule has 1 saturated carbocycles. The van der Waals surface area contributed by atoms with E-state index in [4.69, 9.17) is 0 Å². The van der Waals surface area contributed by atoms with Crippen molar-refractivity contribution in [2.45, 2.75) is 83.3 Å². The van der Waals surface area contributed by atoms with Crippen LogP contribution in [0.4, 0.5) is 0 Å². The Kier molecular flexibility index (Phi) is 6.35. The lowest BCUT2D eigenvalue weighted by atomic mass is 9.85. The predicted octanol–water partition coefficient (Wildman–Crippen LogP) is 5.51. The van der Waals surface area contributed by atoms with Gasteiger partial charge in [-0.2, -0.15) is 0 Å². The van der Waals surface area contributed by atoms with Crippen molar-refractivity contribution in [2.75, 3.05) is 13.1 Å². The summed E-state index contributed by atoms with van der Waals surface area (Å²) in [5, 5.41) is 10.9. The van der Waals surface area contributed by atoms with E-state index >= 15 is 0 Å². The molecule has 1 heterocycles. The third-order valence-electron chi connectivity index (χ3n) is 6.38. The molecule has 1 N–H and O–H groups in total. The number of hydrogen-bond acceptors (Lipinski definition) is 2. The second-order valence-corrected chi connectivity index (χ2v) is 8.03. The highest BCUT2D eigenvalue weighted by Gasteiger charge is 2.27. The van der Waals surface area contributed by atoms with Gasteiger partial charge in [-0.05, 0) is 49.7 Å².